The topological polar surface area (TPSA) is 99.5 Å². The lowest BCUT2D eigenvalue weighted by molar-refractivity contribution is 0.0361. The lowest BCUT2D eigenvalue weighted by Crippen LogP contribution is -2.55. The second-order valence-electron chi connectivity index (χ2n) is 7.46. The molecule has 3 aliphatic rings. The number of hydrogen-bond donors (Lipinski definition) is 2. The summed E-state index contributed by atoms with van der Waals surface area (Å²) in [6.45, 7) is 3.85. The number of amides is 2. The smallest absolute Gasteiger partial charge is 0.416 e. The summed E-state index contributed by atoms with van der Waals surface area (Å²) < 4.78 is 10.3. The first kappa shape index (κ1) is 20.0. The average molecular weight is 412 g/mol. The number of allylic oxidation sites excluding steroid dienone is 2. The van der Waals surface area contributed by atoms with E-state index in [0.29, 0.717) is 13.0 Å². The Morgan fingerprint density at radius 2 is 2.20 bits per heavy atom. The van der Waals surface area contributed by atoms with Crippen LogP contribution in [0.1, 0.15) is 29.6 Å². The Morgan fingerprint density at radius 3 is 2.93 bits per heavy atom. The van der Waals surface area contributed by atoms with E-state index in [-0.39, 0.29) is 35.3 Å². The molecule has 1 aromatic rings. The van der Waals surface area contributed by atoms with Gasteiger partial charge in [-0.25, -0.2) is 9.69 Å². The van der Waals surface area contributed by atoms with Crippen molar-refractivity contribution in [3.05, 3.63) is 53.6 Å². The fourth-order valence-corrected chi connectivity index (χ4v) is 4.27. The van der Waals surface area contributed by atoms with E-state index in [2.05, 4.69) is 12.7 Å². The van der Waals surface area contributed by atoms with Gasteiger partial charge >= 0.3 is 6.09 Å². The molecule has 2 atom stereocenters. The number of phenols is 1. The van der Waals surface area contributed by atoms with Gasteiger partial charge in [0.25, 0.3) is 5.91 Å². The number of rotatable bonds is 3. The molecule has 2 aliphatic heterocycles. The lowest BCUT2D eigenvalue weighted by Gasteiger charge is -2.40. The zero-order valence-electron chi connectivity index (χ0n) is 16.7. The van der Waals surface area contributed by atoms with Gasteiger partial charge < -0.3 is 24.6 Å². The highest BCUT2D eigenvalue weighted by Crippen LogP contribution is 2.42. The summed E-state index contributed by atoms with van der Waals surface area (Å²) in [5.74, 6) is -0.488. The fraction of sp³-hybridized carbons (Fsp3) is 0.364. The van der Waals surface area contributed by atoms with Crippen LogP contribution in [-0.4, -0.2) is 59.6 Å². The number of ether oxygens (including phenoxy) is 2. The van der Waals surface area contributed by atoms with Crippen LogP contribution in [0.25, 0.3) is 0 Å². The van der Waals surface area contributed by atoms with Crippen molar-refractivity contribution in [2.45, 2.75) is 31.5 Å². The van der Waals surface area contributed by atoms with Gasteiger partial charge in [0.05, 0.1) is 24.4 Å². The molecule has 1 aromatic carbocycles. The molecule has 2 heterocycles. The Balaban J connectivity index is 1.85. The molecular formula is C22H24N2O6. The van der Waals surface area contributed by atoms with Crippen LogP contribution in [0.4, 0.5) is 10.5 Å². The van der Waals surface area contributed by atoms with E-state index >= 15 is 0 Å². The van der Waals surface area contributed by atoms with Crippen molar-refractivity contribution in [1.29, 1.82) is 0 Å². The van der Waals surface area contributed by atoms with Gasteiger partial charge in [0.1, 0.15) is 6.61 Å². The molecular weight excluding hydrogens is 388 g/mol. The summed E-state index contributed by atoms with van der Waals surface area (Å²) in [7, 11) is 1.38. The molecule has 0 bridgehead atoms. The quantitative estimate of drug-likeness (QED) is 0.741. The standard InChI is InChI=1S/C22H24N2O6/c1-3-8-30-22(28)24-16-11-18(25)19(29-2)10-15(16)20(26)23-12-14-7-5-4-6-13(14)9-17(23)21(24)27/h3-4,6,10-11,17,21,25,27H,1,5,7-9,12H2,2H3/t17-,21?/m0/s1. The Bertz CT molecular complexity index is 967. The number of anilines is 1. The van der Waals surface area contributed by atoms with E-state index in [1.54, 1.807) is 4.90 Å². The maximum Gasteiger partial charge on any atom is 0.416 e. The average Bonchev–Trinajstić information content (AvgIpc) is 2.83. The molecule has 158 valence electrons. The van der Waals surface area contributed by atoms with Gasteiger partial charge in [-0.1, -0.05) is 24.8 Å². The van der Waals surface area contributed by atoms with Gasteiger partial charge in [-0.2, -0.15) is 0 Å². The summed E-state index contributed by atoms with van der Waals surface area (Å²) in [5, 5.41) is 21.5. The second kappa shape index (κ2) is 7.87. The highest BCUT2D eigenvalue weighted by molar-refractivity contribution is 6.06. The molecule has 0 saturated heterocycles. The van der Waals surface area contributed by atoms with E-state index < -0.39 is 18.4 Å². The number of aromatic hydroxyl groups is 1. The van der Waals surface area contributed by atoms with Gasteiger partial charge in [-0.15, -0.1) is 0 Å². The number of aliphatic hydroxyl groups is 1. The third-order valence-corrected chi connectivity index (χ3v) is 5.75. The number of aliphatic hydroxyl groups excluding tert-OH is 1. The van der Waals surface area contributed by atoms with Gasteiger partial charge in [0.15, 0.2) is 17.7 Å². The molecule has 30 heavy (non-hydrogen) atoms. The van der Waals surface area contributed by atoms with E-state index in [1.165, 1.54) is 25.3 Å². The number of fused-ring (bicyclic) bond motifs is 2. The molecule has 8 heteroatoms. The molecule has 0 saturated carbocycles. The molecule has 1 unspecified atom stereocenters. The Labute approximate surface area is 174 Å². The predicted molar refractivity (Wildman–Crippen MR) is 110 cm³/mol. The molecule has 2 amide bonds. The van der Waals surface area contributed by atoms with Crippen molar-refractivity contribution in [3.63, 3.8) is 0 Å². The monoisotopic (exact) mass is 412 g/mol. The highest BCUT2D eigenvalue weighted by Gasteiger charge is 2.45. The van der Waals surface area contributed by atoms with Gasteiger partial charge in [0.2, 0.25) is 0 Å². The van der Waals surface area contributed by atoms with Crippen molar-refractivity contribution < 1.29 is 29.3 Å². The van der Waals surface area contributed by atoms with Crippen molar-refractivity contribution >= 4 is 17.7 Å². The zero-order valence-corrected chi connectivity index (χ0v) is 16.7. The van der Waals surface area contributed by atoms with Crippen molar-refractivity contribution in [1.82, 2.24) is 4.90 Å². The van der Waals surface area contributed by atoms with Crippen molar-refractivity contribution in [2.75, 3.05) is 25.2 Å². The maximum absolute atomic E-state index is 13.5. The van der Waals surface area contributed by atoms with Crippen molar-refractivity contribution in [2.24, 2.45) is 0 Å². The molecule has 4 rings (SSSR count). The number of benzene rings is 1. The molecule has 0 spiro atoms. The van der Waals surface area contributed by atoms with Crippen LogP contribution in [0.3, 0.4) is 0 Å². The van der Waals surface area contributed by atoms with Crippen LogP contribution in [0.5, 0.6) is 11.5 Å². The number of carbonyl (C=O) groups excluding carboxylic acids is 2. The third kappa shape index (κ3) is 3.23. The normalized spacial score (nSPS) is 22.7. The van der Waals surface area contributed by atoms with E-state index in [4.69, 9.17) is 9.47 Å². The first-order valence-electron chi connectivity index (χ1n) is 9.80. The summed E-state index contributed by atoms with van der Waals surface area (Å²) in [4.78, 5) is 29.0. The Hall–Kier alpha value is -3.26. The minimum absolute atomic E-state index is 0.0557. The molecule has 2 N–H and O–H groups in total. The zero-order chi connectivity index (χ0) is 21.4. The molecule has 0 aromatic heterocycles. The second-order valence-corrected chi connectivity index (χ2v) is 7.46. The number of nitrogens with zero attached hydrogens (tertiary/aromatic N) is 2. The SMILES string of the molecule is C=CCOC(=O)N1c2cc(O)c(OC)cc2C(=O)N2CC3=C(C=CCC3)C[C@H]2C1O. The fourth-order valence-electron chi connectivity index (χ4n) is 4.27. The van der Waals surface area contributed by atoms with Crippen LogP contribution in [0, 0.1) is 0 Å². The molecule has 8 nitrogen and oxygen atoms in total. The third-order valence-electron chi connectivity index (χ3n) is 5.75. The summed E-state index contributed by atoms with van der Waals surface area (Å²) in [5.41, 5.74) is 2.46. The Morgan fingerprint density at radius 1 is 1.40 bits per heavy atom. The first-order valence-corrected chi connectivity index (χ1v) is 9.80. The first-order chi connectivity index (χ1) is 14.5. The van der Waals surface area contributed by atoms with E-state index in [1.807, 2.05) is 6.08 Å². The van der Waals surface area contributed by atoms with Crippen LogP contribution < -0.4 is 9.64 Å². The van der Waals surface area contributed by atoms with E-state index in [0.717, 1.165) is 28.9 Å². The minimum Gasteiger partial charge on any atom is -0.504 e. The van der Waals surface area contributed by atoms with Gasteiger partial charge in [-0.3, -0.25) is 4.79 Å². The minimum atomic E-state index is -1.36. The highest BCUT2D eigenvalue weighted by atomic mass is 16.6. The number of hydrogen-bond acceptors (Lipinski definition) is 6. The summed E-state index contributed by atoms with van der Waals surface area (Å²) in [6.07, 6.45) is 5.51. The summed E-state index contributed by atoms with van der Waals surface area (Å²) >= 11 is 0. The molecule has 0 fully saturated rings. The lowest BCUT2D eigenvalue weighted by atomic mass is 9.87. The van der Waals surface area contributed by atoms with Crippen LogP contribution in [0.2, 0.25) is 0 Å². The van der Waals surface area contributed by atoms with Gasteiger partial charge in [0, 0.05) is 12.6 Å². The van der Waals surface area contributed by atoms with E-state index in [9.17, 15) is 19.8 Å². The number of methoxy groups -OCH3 is 1. The van der Waals surface area contributed by atoms with Crippen molar-refractivity contribution in [3.8, 4) is 11.5 Å². The predicted octanol–water partition coefficient (Wildman–Crippen LogP) is 2.72. The maximum atomic E-state index is 13.5. The Kier molecular flexibility index (Phi) is 5.26. The number of carbonyl (C=O) groups is 2. The van der Waals surface area contributed by atoms with Gasteiger partial charge in [-0.05, 0) is 36.5 Å². The van der Waals surface area contributed by atoms with Crippen LogP contribution in [0.15, 0.2) is 48.1 Å². The summed E-state index contributed by atoms with van der Waals surface area (Å²) in [6, 6.07) is 1.98. The molecule has 0 radical (unpaired) electrons. The van der Waals surface area contributed by atoms with Crippen LogP contribution in [-0.2, 0) is 4.74 Å². The molecule has 1 aliphatic carbocycles. The number of phenolic OH excluding ortho intramolecular Hbond substituents is 1. The van der Waals surface area contributed by atoms with Crippen LogP contribution >= 0.6 is 0 Å². The largest absolute Gasteiger partial charge is 0.504 e.